The van der Waals surface area contributed by atoms with Gasteiger partial charge in [-0.2, -0.15) is 0 Å². The lowest BCUT2D eigenvalue weighted by Gasteiger charge is -2.20. The fraction of sp³-hybridized carbons (Fsp3) is 0.318. The SMILES string of the molecule is C=Cc1cc([C@@H](C)NC(=O)Nc2ccc(C(C)(C)C)cc2)ccc1NS(C)(=O)=O. The summed E-state index contributed by atoms with van der Waals surface area (Å²) in [5, 5.41) is 5.72. The molecule has 2 rings (SSSR count). The Morgan fingerprint density at radius 2 is 1.72 bits per heavy atom. The number of amides is 2. The van der Waals surface area contributed by atoms with Gasteiger partial charge in [0.15, 0.2) is 0 Å². The fourth-order valence-electron chi connectivity index (χ4n) is 2.81. The van der Waals surface area contributed by atoms with Crippen molar-refractivity contribution in [1.29, 1.82) is 0 Å². The number of carbonyl (C=O) groups is 1. The highest BCUT2D eigenvalue weighted by atomic mass is 32.2. The van der Waals surface area contributed by atoms with Crippen LogP contribution in [-0.2, 0) is 15.4 Å². The molecule has 7 heteroatoms. The van der Waals surface area contributed by atoms with Crippen LogP contribution in [0.3, 0.4) is 0 Å². The van der Waals surface area contributed by atoms with Crippen molar-refractivity contribution in [2.45, 2.75) is 39.2 Å². The molecule has 0 saturated carbocycles. The van der Waals surface area contributed by atoms with Gasteiger partial charge >= 0.3 is 6.03 Å². The van der Waals surface area contributed by atoms with Crippen LogP contribution in [0.4, 0.5) is 16.2 Å². The van der Waals surface area contributed by atoms with Crippen LogP contribution in [-0.4, -0.2) is 20.7 Å². The van der Waals surface area contributed by atoms with Crippen LogP contribution >= 0.6 is 0 Å². The van der Waals surface area contributed by atoms with Gasteiger partial charge in [-0.15, -0.1) is 0 Å². The molecule has 0 aliphatic heterocycles. The van der Waals surface area contributed by atoms with E-state index in [9.17, 15) is 13.2 Å². The third kappa shape index (κ3) is 6.64. The largest absolute Gasteiger partial charge is 0.331 e. The monoisotopic (exact) mass is 415 g/mol. The third-order valence-electron chi connectivity index (χ3n) is 4.45. The molecular formula is C22H29N3O3S. The number of hydrogen-bond acceptors (Lipinski definition) is 3. The molecule has 0 aromatic heterocycles. The van der Waals surface area contributed by atoms with Gasteiger partial charge in [0.25, 0.3) is 0 Å². The molecule has 0 aliphatic carbocycles. The van der Waals surface area contributed by atoms with Crippen LogP contribution in [0.25, 0.3) is 6.08 Å². The minimum absolute atomic E-state index is 0.0519. The molecule has 0 aliphatic rings. The number of nitrogens with one attached hydrogen (secondary N) is 3. The molecular weight excluding hydrogens is 386 g/mol. The number of rotatable bonds is 6. The Morgan fingerprint density at radius 3 is 2.24 bits per heavy atom. The van der Waals surface area contributed by atoms with Crippen LogP contribution in [0.1, 0.15) is 50.4 Å². The van der Waals surface area contributed by atoms with Gasteiger partial charge in [-0.25, -0.2) is 13.2 Å². The molecule has 2 aromatic rings. The number of carbonyl (C=O) groups excluding carboxylic acids is 1. The third-order valence-corrected chi connectivity index (χ3v) is 5.04. The normalized spacial score (nSPS) is 12.7. The Kier molecular flexibility index (Phi) is 6.74. The number of urea groups is 1. The minimum atomic E-state index is -3.39. The van der Waals surface area contributed by atoms with Crippen LogP contribution < -0.4 is 15.4 Å². The fourth-order valence-corrected chi connectivity index (χ4v) is 3.40. The Labute approximate surface area is 173 Å². The Bertz CT molecular complexity index is 991. The summed E-state index contributed by atoms with van der Waals surface area (Å²) < 4.78 is 25.4. The zero-order valence-electron chi connectivity index (χ0n) is 17.5. The molecule has 0 radical (unpaired) electrons. The molecule has 6 nitrogen and oxygen atoms in total. The summed E-state index contributed by atoms with van der Waals surface area (Å²) in [5.74, 6) is 0. The van der Waals surface area contributed by atoms with E-state index in [1.807, 2.05) is 31.2 Å². The van der Waals surface area contributed by atoms with E-state index in [0.717, 1.165) is 11.8 Å². The first-order chi connectivity index (χ1) is 13.4. The van der Waals surface area contributed by atoms with E-state index in [4.69, 9.17) is 0 Å². The van der Waals surface area contributed by atoms with Gasteiger partial charge in [-0.3, -0.25) is 4.72 Å². The van der Waals surface area contributed by atoms with Gasteiger partial charge in [0, 0.05) is 5.69 Å². The summed E-state index contributed by atoms with van der Waals surface area (Å²) in [6.45, 7) is 12.0. The maximum atomic E-state index is 12.4. The number of anilines is 2. The van der Waals surface area contributed by atoms with Crippen LogP contribution in [0.2, 0.25) is 0 Å². The average Bonchev–Trinajstić information content (AvgIpc) is 2.60. The number of benzene rings is 2. The van der Waals surface area contributed by atoms with Crippen LogP contribution in [0.5, 0.6) is 0 Å². The van der Waals surface area contributed by atoms with E-state index < -0.39 is 10.0 Å². The van der Waals surface area contributed by atoms with Gasteiger partial charge in [0.1, 0.15) is 0 Å². The summed E-state index contributed by atoms with van der Waals surface area (Å²) in [6.07, 6.45) is 2.66. The van der Waals surface area contributed by atoms with E-state index in [1.54, 1.807) is 24.3 Å². The van der Waals surface area contributed by atoms with Crippen LogP contribution in [0, 0.1) is 0 Å². The van der Waals surface area contributed by atoms with Crippen molar-refractivity contribution in [3.05, 3.63) is 65.7 Å². The summed E-state index contributed by atoms with van der Waals surface area (Å²) in [4.78, 5) is 12.4. The zero-order valence-corrected chi connectivity index (χ0v) is 18.4. The Hall–Kier alpha value is -2.80. The highest BCUT2D eigenvalue weighted by molar-refractivity contribution is 7.92. The molecule has 2 aromatic carbocycles. The number of sulfonamides is 1. The second-order valence-electron chi connectivity index (χ2n) is 8.07. The summed E-state index contributed by atoms with van der Waals surface area (Å²) in [6, 6.07) is 12.4. The highest BCUT2D eigenvalue weighted by Crippen LogP contribution is 2.25. The lowest BCUT2D eigenvalue weighted by atomic mass is 9.87. The van der Waals surface area contributed by atoms with Crippen molar-refractivity contribution in [3.8, 4) is 0 Å². The summed E-state index contributed by atoms with van der Waals surface area (Å²) >= 11 is 0. The summed E-state index contributed by atoms with van der Waals surface area (Å²) in [5.41, 5.74) is 3.87. The van der Waals surface area contributed by atoms with E-state index in [1.165, 1.54) is 5.56 Å². The smallest absolute Gasteiger partial charge is 0.319 e. The van der Waals surface area contributed by atoms with Crippen molar-refractivity contribution >= 4 is 33.5 Å². The molecule has 0 unspecified atom stereocenters. The average molecular weight is 416 g/mol. The van der Waals surface area contributed by atoms with Crippen molar-refractivity contribution < 1.29 is 13.2 Å². The van der Waals surface area contributed by atoms with Crippen molar-refractivity contribution in [2.75, 3.05) is 16.3 Å². The molecule has 0 spiro atoms. The molecule has 0 fully saturated rings. The molecule has 3 N–H and O–H groups in total. The van der Waals surface area contributed by atoms with Gasteiger partial charge in [-0.05, 0) is 53.3 Å². The van der Waals surface area contributed by atoms with E-state index in [2.05, 4.69) is 42.7 Å². The Balaban J connectivity index is 2.06. The molecule has 29 heavy (non-hydrogen) atoms. The second kappa shape index (κ2) is 8.69. The first-order valence-electron chi connectivity index (χ1n) is 9.31. The van der Waals surface area contributed by atoms with Crippen LogP contribution in [0.15, 0.2) is 49.0 Å². The molecule has 0 saturated heterocycles. The van der Waals surface area contributed by atoms with Crippen molar-refractivity contribution in [2.24, 2.45) is 0 Å². The zero-order chi connectivity index (χ0) is 21.8. The van der Waals surface area contributed by atoms with E-state index in [-0.39, 0.29) is 17.5 Å². The van der Waals surface area contributed by atoms with Crippen molar-refractivity contribution in [3.63, 3.8) is 0 Å². The summed E-state index contributed by atoms with van der Waals surface area (Å²) in [7, 11) is -3.39. The first kappa shape index (κ1) is 22.5. The van der Waals surface area contributed by atoms with Gasteiger partial charge in [0.05, 0.1) is 18.0 Å². The lowest BCUT2D eigenvalue weighted by molar-refractivity contribution is 0.249. The van der Waals surface area contributed by atoms with E-state index >= 15 is 0 Å². The quantitative estimate of drug-likeness (QED) is 0.628. The lowest BCUT2D eigenvalue weighted by Crippen LogP contribution is -2.31. The maximum absolute atomic E-state index is 12.4. The topological polar surface area (TPSA) is 87.3 Å². The predicted octanol–water partition coefficient (Wildman–Crippen LogP) is 4.88. The van der Waals surface area contributed by atoms with Gasteiger partial charge in [-0.1, -0.05) is 51.6 Å². The molecule has 2 amide bonds. The predicted molar refractivity (Wildman–Crippen MR) is 121 cm³/mol. The van der Waals surface area contributed by atoms with Crippen molar-refractivity contribution in [1.82, 2.24) is 5.32 Å². The second-order valence-corrected chi connectivity index (χ2v) is 9.82. The molecule has 156 valence electrons. The van der Waals surface area contributed by atoms with E-state index in [0.29, 0.717) is 16.9 Å². The minimum Gasteiger partial charge on any atom is -0.331 e. The molecule has 1 atom stereocenters. The first-order valence-corrected chi connectivity index (χ1v) is 11.2. The standard InChI is InChI=1S/C22H29N3O3S/c1-7-16-14-17(8-13-20(16)25-29(6,27)28)15(2)23-21(26)24-19-11-9-18(10-12-19)22(3,4)5/h7-15,25H,1H2,2-6H3,(H2,23,24,26)/t15-/m1/s1. The Morgan fingerprint density at radius 1 is 1.10 bits per heavy atom. The highest BCUT2D eigenvalue weighted by Gasteiger charge is 2.15. The number of hydrogen-bond donors (Lipinski definition) is 3. The molecule has 0 bridgehead atoms. The maximum Gasteiger partial charge on any atom is 0.319 e. The van der Waals surface area contributed by atoms with Gasteiger partial charge in [0.2, 0.25) is 10.0 Å². The van der Waals surface area contributed by atoms with Gasteiger partial charge < -0.3 is 10.6 Å². The molecule has 0 heterocycles.